The Morgan fingerprint density at radius 2 is 2.04 bits per heavy atom. The third kappa shape index (κ3) is 2.48. The number of ketones is 1. The lowest BCUT2D eigenvalue weighted by molar-refractivity contribution is -0.111. The summed E-state index contributed by atoms with van der Waals surface area (Å²) < 4.78 is 0. The van der Waals surface area contributed by atoms with Crippen molar-refractivity contribution in [2.45, 2.75) is 57.7 Å². The second-order valence-electron chi connectivity index (χ2n) is 9.59. The molecule has 8 atom stereocenters. The van der Waals surface area contributed by atoms with Gasteiger partial charge in [-0.25, -0.2) is 0 Å². The van der Waals surface area contributed by atoms with Gasteiger partial charge in [0.25, 0.3) is 0 Å². The molecule has 0 bridgehead atoms. The number of fused-ring (bicyclic) bond motifs is 5. The monoisotopic (exact) mass is 406 g/mol. The Morgan fingerprint density at radius 3 is 2.76 bits per heavy atom. The topological polar surface area (TPSA) is 37.3 Å². The molecule has 0 radical (unpaired) electrons. The van der Waals surface area contributed by atoms with Crippen LogP contribution in [0.4, 0.5) is 0 Å². The second kappa shape index (κ2) is 6.05. The molecule has 138 valence electrons. The van der Waals surface area contributed by atoms with Crippen LogP contribution in [0.5, 0.6) is 0 Å². The molecule has 0 spiro atoms. The van der Waals surface area contributed by atoms with E-state index in [1.54, 1.807) is 6.08 Å². The van der Waals surface area contributed by atoms with E-state index in [0.717, 1.165) is 18.3 Å². The number of hydrogen-bond acceptors (Lipinski definition) is 2. The third-order valence-corrected chi connectivity index (χ3v) is 9.45. The fourth-order valence-corrected chi connectivity index (χ4v) is 8.36. The summed E-state index contributed by atoms with van der Waals surface area (Å²) in [5.41, 5.74) is 1.72. The molecule has 3 heteroatoms. The molecule has 1 unspecified atom stereocenters. The molecule has 4 aliphatic rings. The van der Waals surface area contributed by atoms with Gasteiger partial charge in [0.1, 0.15) is 0 Å². The summed E-state index contributed by atoms with van der Waals surface area (Å²) in [6, 6.07) is 0. The SMILES string of the molecule is C[C@H](CO)[C@H]1CC[C@H]2[C@@H]3CC(Br)C4=CC(=O)C=C[C@]4(C)[C@H]3CC[C@]12C. The largest absolute Gasteiger partial charge is 0.396 e. The van der Waals surface area contributed by atoms with Gasteiger partial charge in [-0.3, -0.25) is 4.79 Å². The van der Waals surface area contributed by atoms with Crippen molar-refractivity contribution in [2.75, 3.05) is 6.61 Å². The highest BCUT2D eigenvalue weighted by Crippen LogP contribution is 2.67. The molecular formula is C22H31BrO2. The molecule has 3 fully saturated rings. The molecule has 0 aromatic carbocycles. The predicted molar refractivity (Wildman–Crippen MR) is 104 cm³/mol. The fraction of sp³-hybridized carbons (Fsp3) is 0.773. The molecule has 0 heterocycles. The highest BCUT2D eigenvalue weighted by molar-refractivity contribution is 9.09. The number of carbonyl (C=O) groups excluding carboxylic acids is 1. The van der Waals surface area contributed by atoms with Crippen LogP contribution in [-0.4, -0.2) is 22.3 Å². The predicted octanol–water partition coefficient (Wildman–Crippen LogP) is 4.91. The van der Waals surface area contributed by atoms with E-state index in [0.29, 0.717) is 34.6 Å². The number of alkyl halides is 1. The van der Waals surface area contributed by atoms with Gasteiger partial charge in [-0.1, -0.05) is 42.8 Å². The standard InChI is InChI=1S/C22H31BrO2/c1-13(12-24)16-4-5-17-15-11-20(23)19-10-14(25)6-8-22(19,3)18(15)7-9-21(16,17)2/h6,8,10,13,15-18,20,24H,4-5,7,9,11-12H2,1-3H3/t13-,15+,16-,17+,18+,20?,21-,22-/m1/s1. The minimum absolute atomic E-state index is 0.0347. The van der Waals surface area contributed by atoms with E-state index in [-0.39, 0.29) is 11.2 Å². The Kier molecular flexibility index (Phi) is 4.35. The van der Waals surface area contributed by atoms with Crippen molar-refractivity contribution in [1.29, 1.82) is 0 Å². The Hall–Kier alpha value is -0.410. The average molecular weight is 407 g/mol. The Morgan fingerprint density at radius 1 is 1.28 bits per heavy atom. The molecule has 0 amide bonds. The van der Waals surface area contributed by atoms with Crippen molar-refractivity contribution in [3.63, 3.8) is 0 Å². The molecule has 4 rings (SSSR count). The number of aliphatic hydroxyl groups excluding tert-OH is 1. The van der Waals surface area contributed by atoms with Crippen molar-refractivity contribution in [3.05, 3.63) is 23.8 Å². The Bertz CT molecular complexity index is 638. The van der Waals surface area contributed by atoms with Gasteiger partial charge in [0.05, 0.1) is 0 Å². The number of hydrogen-bond donors (Lipinski definition) is 1. The van der Waals surface area contributed by atoms with Crippen LogP contribution in [0, 0.1) is 40.4 Å². The van der Waals surface area contributed by atoms with E-state index in [9.17, 15) is 9.90 Å². The minimum atomic E-state index is 0.0347. The molecular weight excluding hydrogens is 376 g/mol. The first-order valence-corrected chi connectivity index (χ1v) is 10.9. The summed E-state index contributed by atoms with van der Waals surface area (Å²) in [6.45, 7) is 7.42. The first-order valence-electron chi connectivity index (χ1n) is 10.0. The smallest absolute Gasteiger partial charge is 0.178 e. The van der Waals surface area contributed by atoms with Crippen LogP contribution in [0.2, 0.25) is 0 Å². The number of aliphatic hydroxyl groups is 1. The highest BCUT2D eigenvalue weighted by atomic mass is 79.9. The lowest BCUT2D eigenvalue weighted by atomic mass is 9.47. The highest BCUT2D eigenvalue weighted by Gasteiger charge is 2.60. The number of rotatable bonds is 2. The van der Waals surface area contributed by atoms with Gasteiger partial charge in [-0.2, -0.15) is 0 Å². The van der Waals surface area contributed by atoms with Crippen LogP contribution >= 0.6 is 15.9 Å². The van der Waals surface area contributed by atoms with Crippen LogP contribution in [0.15, 0.2) is 23.8 Å². The maximum absolute atomic E-state index is 11.9. The Balaban J connectivity index is 1.68. The van der Waals surface area contributed by atoms with Crippen LogP contribution < -0.4 is 0 Å². The van der Waals surface area contributed by atoms with Crippen LogP contribution in [-0.2, 0) is 4.79 Å². The molecule has 0 aromatic heterocycles. The molecule has 0 aliphatic heterocycles. The van der Waals surface area contributed by atoms with Gasteiger partial charge in [0.2, 0.25) is 0 Å². The van der Waals surface area contributed by atoms with Crippen molar-refractivity contribution >= 4 is 21.7 Å². The average Bonchev–Trinajstić information content (AvgIpc) is 2.93. The molecule has 1 N–H and O–H groups in total. The minimum Gasteiger partial charge on any atom is -0.396 e. The number of carbonyl (C=O) groups is 1. The summed E-state index contributed by atoms with van der Waals surface area (Å²) in [5, 5.41) is 9.74. The maximum atomic E-state index is 11.9. The van der Waals surface area contributed by atoms with Crippen LogP contribution in [0.1, 0.15) is 52.9 Å². The summed E-state index contributed by atoms with van der Waals surface area (Å²) in [4.78, 5) is 12.3. The summed E-state index contributed by atoms with van der Waals surface area (Å²) in [5.74, 6) is 3.35. The maximum Gasteiger partial charge on any atom is 0.178 e. The van der Waals surface area contributed by atoms with Crippen molar-refractivity contribution < 1.29 is 9.90 Å². The zero-order valence-electron chi connectivity index (χ0n) is 15.7. The summed E-state index contributed by atoms with van der Waals surface area (Å²) in [7, 11) is 0. The summed E-state index contributed by atoms with van der Waals surface area (Å²) >= 11 is 3.93. The van der Waals surface area contributed by atoms with Crippen molar-refractivity contribution in [1.82, 2.24) is 0 Å². The molecule has 4 aliphatic carbocycles. The third-order valence-electron chi connectivity index (χ3n) is 8.59. The van der Waals surface area contributed by atoms with Crippen molar-refractivity contribution in [3.8, 4) is 0 Å². The zero-order valence-corrected chi connectivity index (χ0v) is 17.3. The van der Waals surface area contributed by atoms with E-state index in [4.69, 9.17) is 0 Å². The van der Waals surface area contributed by atoms with E-state index < -0.39 is 0 Å². The van der Waals surface area contributed by atoms with Gasteiger partial charge in [0.15, 0.2) is 5.78 Å². The van der Waals surface area contributed by atoms with E-state index in [1.807, 2.05) is 6.08 Å². The van der Waals surface area contributed by atoms with E-state index in [2.05, 4.69) is 42.8 Å². The van der Waals surface area contributed by atoms with Gasteiger partial charge in [0, 0.05) is 16.8 Å². The fourth-order valence-electron chi connectivity index (χ4n) is 7.30. The van der Waals surface area contributed by atoms with E-state index in [1.165, 1.54) is 31.3 Å². The quantitative estimate of drug-likeness (QED) is 0.661. The lowest BCUT2D eigenvalue weighted by Crippen LogP contribution is -2.52. The molecule has 3 saturated carbocycles. The normalized spacial score (nSPS) is 49.9. The lowest BCUT2D eigenvalue weighted by Gasteiger charge is -2.58. The number of allylic oxidation sites excluding steroid dienone is 4. The number of halogens is 1. The van der Waals surface area contributed by atoms with Crippen molar-refractivity contribution in [2.24, 2.45) is 40.4 Å². The zero-order chi connectivity index (χ0) is 18.0. The van der Waals surface area contributed by atoms with E-state index >= 15 is 0 Å². The first-order chi connectivity index (χ1) is 11.8. The van der Waals surface area contributed by atoms with Crippen LogP contribution in [0.25, 0.3) is 0 Å². The van der Waals surface area contributed by atoms with Gasteiger partial charge < -0.3 is 5.11 Å². The second-order valence-corrected chi connectivity index (χ2v) is 10.7. The first kappa shape index (κ1) is 18.0. The molecule has 0 aromatic rings. The van der Waals surface area contributed by atoms with Gasteiger partial charge in [-0.05, 0) is 84.8 Å². The summed E-state index contributed by atoms with van der Waals surface area (Å²) in [6.07, 6.45) is 12.2. The Labute approximate surface area is 160 Å². The van der Waals surface area contributed by atoms with Crippen LogP contribution in [0.3, 0.4) is 0 Å². The molecule has 2 nitrogen and oxygen atoms in total. The molecule has 25 heavy (non-hydrogen) atoms. The molecule has 0 saturated heterocycles. The van der Waals surface area contributed by atoms with Gasteiger partial charge >= 0.3 is 0 Å². The van der Waals surface area contributed by atoms with Gasteiger partial charge in [-0.15, -0.1) is 0 Å².